The number of rotatable bonds is 9. The fourth-order valence-electron chi connectivity index (χ4n) is 1.74. The average molecular weight is 297 g/mol. The molecule has 0 fully saturated rings. The highest BCUT2D eigenvalue weighted by molar-refractivity contribution is 5.06. The highest BCUT2D eigenvalue weighted by Gasteiger charge is 2.41. The molecule has 0 spiro atoms. The van der Waals surface area contributed by atoms with Crippen LogP contribution in [-0.2, 0) is 18.2 Å². The first kappa shape index (κ1) is 16.9. The standard InChI is InChI=1S/C12H19F4N3O/c1-3-17-10(4-9-5-18-19(2)6-9)7-20-8-12(15,16)11(13)14/h5-6,10-11,17H,3-4,7-8H2,1-2H3. The Morgan fingerprint density at radius 1 is 1.45 bits per heavy atom. The Bertz CT molecular complexity index is 398. The summed E-state index contributed by atoms with van der Waals surface area (Å²) in [7, 11) is 1.77. The van der Waals surface area contributed by atoms with Crippen LogP contribution in [-0.4, -0.2) is 47.9 Å². The molecule has 1 unspecified atom stereocenters. The van der Waals surface area contributed by atoms with Gasteiger partial charge in [0.2, 0.25) is 0 Å². The van der Waals surface area contributed by atoms with Crippen molar-refractivity contribution < 1.29 is 22.3 Å². The van der Waals surface area contributed by atoms with Gasteiger partial charge < -0.3 is 10.1 Å². The van der Waals surface area contributed by atoms with E-state index >= 15 is 0 Å². The van der Waals surface area contributed by atoms with Crippen molar-refractivity contribution >= 4 is 0 Å². The van der Waals surface area contributed by atoms with E-state index in [0.29, 0.717) is 13.0 Å². The quantitative estimate of drug-likeness (QED) is 0.707. The second kappa shape index (κ2) is 7.58. The molecule has 0 saturated carbocycles. The van der Waals surface area contributed by atoms with Crippen LogP contribution in [0.1, 0.15) is 12.5 Å². The molecule has 0 aliphatic carbocycles. The zero-order valence-electron chi connectivity index (χ0n) is 11.5. The number of hydrogen-bond acceptors (Lipinski definition) is 3. The molecule has 0 aromatic carbocycles. The van der Waals surface area contributed by atoms with Gasteiger partial charge in [-0.3, -0.25) is 4.68 Å². The number of alkyl halides is 4. The van der Waals surface area contributed by atoms with Gasteiger partial charge in [-0.15, -0.1) is 0 Å². The fraction of sp³-hybridized carbons (Fsp3) is 0.750. The van der Waals surface area contributed by atoms with Crippen molar-refractivity contribution in [3.05, 3.63) is 18.0 Å². The molecule has 1 aromatic heterocycles. The van der Waals surface area contributed by atoms with Crippen LogP contribution in [0, 0.1) is 0 Å². The summed E-state index contributed by atoms with van der Waals surface area (Å²) in [5, 5.41) is 7.06. The molecule has 0 bridgehead atoms. The zero-order valence-corrected chi connectivity index (χ0v) is 11.5. The lowest BCUT2D eigenvalue weighted by atomic mass is 10.1. The minimum atomic E-state index is -4.11. The highest BCUT2D eigenvalue weighted by Crippen LogP contribution is 2.22. The monoisotopic (exact) mass is 297 g/mol. The van der Waals surface area contributed by atoms with E-state index in [0.717, 1.165) is 5.56 Å². The van der Waals surface area contributed by atoms with Gasteiger partial charge in [0.1, 0.15) is 6.61 Å². The third-order valence-electron chi connectivity index (χ3n) is 2.67. The van der Waals surface area contributed by atoms with Crippen molar-refractivity contribution in [2.75, 3.05) is 19.8 Å². The normalized spacial score (nSPS) is 13.9. The van der Waals surface area contributed by atoms with Gasteiger partial charge in [-0.05, 0) is 18.5 Å². The maximum Gasteiger partial charge on any atom is 0.330 e. The minimum absolute atomic E-state index is 0.0644. The molecular weight excluding hydrogens is 278 g/mol. The van der Waals surface area contributed by atoms with E-state index in [9.17, 15) is 17.6 Å². The molecule has 0 aliphatic rings. The van der Waals surface area contributed by atoms with Crippen LogP contribution in [0.3, 0.4) is 0 Å². The molecular formula is C12H19F4N3O. The van der Waals surface area contributed by atoms with Gasteiger partial charge in [0.25, 0.3) is 0 Å². The summed E-state index contributed by atoms with van der Waals surface area (Å²) in [6.07, 6.45) is 0.288. The van der Waals surface area contributed by atoms with Gasteiger partial charge in [-0.2, -0.15) is 13.9 Å². The maximum atomic E-state index is 12.7. The van der Waals surface area contributed by atoms with E-state index in [2.05, 4.69) is 10.4 Å². The summed E-state index contributed by atoms with van der Waals surface area (Å²) in [4.78, 5) is 0. The third-order valence-corrected chi connectivity index (χ3v) is 2.67. The summed E-state index contributed by atoms with van der Waals surface area (Å²) in [5.74, 6) is -4.11. The van der Waals surface area contributed by atoms with Crippen molar-refractivity contribution in [1.29, 1.82) is 0 Å². The van der Waals surface area contributed by atoms with Gasteiger partial charge >= 0.3 is 12.3 Å². The second-order valence-electron chi connectivity index (χ2n) is 4.56. The van der Waals surface area contributed by atoms with Crippen LogP contribution < -0.4 is 5.32 Å². The first-order valence-electron chi connectivity index (χ1n) is 6.29. The Morgan fingerprint density at radius 2 is 2.15 bits per heavy atom. The Kier molecular flexibility index (Phi) is 6.41. The van der Waals surface area contributed by atoms with Crippen LogP contribution >= 0.6 is 0 Å². The summed E-state index contributed by atoms with van der Waals surface area (Å²) < 4.78 is 55.7. The molecule has 1 heterocycles. The predicted molar refractivity (Wildman–Crippen MR) is 66.1 cm³/mol. The van der Waals surface area contributed by atoms with Gasteiger partial charge in [0, 0.05) is 19.3 Å². The lowest BCUT2D eigenvalue weighted by Gasteiger charge is -2.20. The van der Waals surface area contributed by atoms with Crippen molar-refractivity contribution in [3.63, 3.8) is 0 Å². The van der Waals surface area contributed by atoms with Gasteiger partial charge in [0.15, 0.2) is 0 Å². The molecule has 1 N–H and O–H groups in total. The Hall–Kier alpha value is -1.15. The molecule has 1 atom stereocenters. The van der Waals surface area contributed by atoms with Crippen LogP contribution in [0.15, 0.2) is 12.4 Å². The largest absolute Gasteiger partial charge is 0.373 e. The number of halogens is 4. The molecule has 1 rings (SSSR count). The summed E-state index contributed by atoms with van der Waals surface area (Å²) in [6, 6.07) is -0.224. The molecule has 0 aliphatic heterocycles. The van der Waals surface area contributed by atoms with Crippen molar-refractivity contribution in [1.82, 2.24) is 15.1 Å². The molecule has 1 aromatic rings. The molecule has 0 amide bonds. The van der Waals surface area contributed by atoms with Crippen molar-refractivity contribution in [3.8, 4) is 0 Å². The zero-order chi connectivity index (χ0) is 15.2. The molecule has 4 nitrogen and oxygen atoms in total. The van der Waals surface area contributed by atoms with Gasteiger partial charge in [0.05, 0.1) is 12.8 Å². The number of nitrogens with zero attached hydrogens (tertiary/aromatic N) is 2. The van der Waals surface area contributed by atoms with Crippen LogP contribution in [0.25, 0.3) is 0 Å². The van der Waals surface area contributed by atoms with Crippen molar-refractivity contribution in [2.24, 2.45) is 7.05 Å². The smallest absolute Gasteiger partial charge is 0.330 e. The second-order valence-corrected chi connectivity index (χ2v) is 4.56. The first-order valence-corrected chi connectivity index (χ1v) is 6.29. The van der Waals surface area contributed by atoms with E-state index in [1.165, 1.54) is 0 Å². The van der Waals surface area contributed by atoms with Crippen molar-refractivity contribution in [2.45, 2.75) is 31.7 Å². The number of likely N-dealkylation sites (N-methyl/N-ethyl adjacent to an activating group) is 1. The topological polar surface area (TPSA) is 39.1 Å². The average Bonchev–Trinajstić information content (AvgIpc) is 2.74. The molecule has 20 heavy (non-hydrogen) atoms. The van der Waals surface area contributed by atoms with Gasteiger partial charge in [-0.1, -0.05) is 6.92 Å². The highest BCUT2D eigenvalue weighted by atomic mass is 19.3. The summed E-state index contributed by atoms with van der Waals surface area (Å²) in [6.45, 7) is 1.15. The van der Waals surface area contributed by atoms with Crippen LogP contribution in [0.5, 0.6) is 0 Å². The number of hydrogen-bond donors (Lipinski definition) is 1. The number of nitrogens with one attached hydrogen (secondary N) is 1. The lowest BCUT2D eigenvalue weighted by molar-refractivity contribution is -0.167. The summed E-state index contributed by atoms with van der Waals surface area (Å²) >= 11 is 0. The minimum Gasteiger partial charge on any atom is -0.373 e. The van der Waals surface area contributed by atoms with E-state index in [-0.39, 0.29) is 12.6 Å². The lowest BCUT2D eigenvalue weighted by Crippen LogP contribution is -2.38. The van der Waals surface area contributed by atoms with Crippen LogP contribution in [0.4, 0.5) is 17.6 Å². The van der Waals surface area contributed by atoms with Crippen LogP contribution in [0.2, 0.25) is 0 Å². The maximum absolute atomic E-state index is 12.7. The SMILES string of the molecule is CCNC(COCC(F)(F)C(F)F)Cc1cnn(C)c1. The third kappa shape index (κ3) is 5.46. The number of aromatic nitrogens is 2. The number of aryl methyl sites for hydroxylation is 1. The molecule has 0 saturated heterocycles. The molecule has 8 heteroatoms. The first-order chi connectivity index (χ1) is 9.35. The van der Waals surface area contributed by atoms with E-state index < -0.39 is 19.0 Å². The Morgan fingerprint density at radius 3 is 2.65 bits per heavy atom. The van der Waals surface area contributed by atoms with Gasteiger partial charge in [-0.25, -0.2) is 8.78 Å². The van der Waals surface area contributed by atoms with E-state index in [4.69, 9.17) is 4.74 Å². The number of ether oxygens (including phenoxy) is 1. The Balaban J connectivity index is 2.43. The molecule has 116 valence electrons. The summed E-state index contributed by atoms with van der Waals surface area (Å²) in [5.41, 5.74) is 0.919. The van der Waals surface area contributed by atoms with E-state index in [1.54, 1.807) is 24.1 Å². The fourth-order valence-corrected chi connectivity index (χ4v) is 1.74. The molecule has 0 radical (unpaired) electrons. The van der Waals surface area contributed by atoms with E-state index in [1.807, 2.05) is 6.92 Å². The predicted octanol–water partition coefficient (Wildman–Crippen LogP) is 1.86. The Labute approximate surface area is 115 Å².